The largest absolute Gasteiger partial charge is 0.394 e. The summed E-state index contributed by atoms with van der Waals surface area (Å²) in [4.78, 5) is 44.1. The highest BCUT2D eigenvalue weighted by molar-refractivity contribution is 5.93. The number of carbonyl (C=O) groups excluding carboxylic acids is 3. The summed E-state index contributed by atoms with van der Waals surface area (Å²) in [6, 6.07) is 6.83. The van der Waals surface area contributed by atoms with Gasteiger partial charge in [0.2, 0.25) is 17.7 Å². The molecule has 1 aliphatic heterocycles. The fourth-order valence-electron chi connectivity index (χ4n) is 5.46. The molecule has 9 heteroatoms. The molecule has 0 bridgehead atoms. The first kappa shape index (κ1) is 34.5. The summed E-state index contributed by atoms with van der Waals surface area (Å²) < 4.78 is 0. The highest BCUT2D eigenvalue weighted by atomic mass is 16.3. The number of piperidine rings is 1. The van der Waals surface area contributed by atoms with E-state index < -0.39 is 36.7 Å². The molecule has 0 aliphatic carbocycles. The number of aliphatic hydroxyl groups excluding tert-OH is 2. The van der Waals surface area contributed by atoms with Crippen LogP contribution in [0.3, 0.4) is 0 Å². The number of aliphatic hydroxyl groups is 2. The summed E-state index contributed by atoms with van der Waals surface area (Å²) in [5.74, 6) is -0.913. The molecule has 1 aliphatic rings. The van der Waals surface area contributed by atoms with Crippen molar-refractivity contribution in [2.24, 2.45) is 11.8 Å². The minimum absolute atomic E-state index is 0.0199. The number of benzene rings is 1. The van der Waals surface area contributed by atoms with Gasteiger partial charge in [-0.1, -0.05) is 70.5 Å². The van der Waals surface area contributed by atoms with Gasteiger partial charge in [-0.15, -0.1) is 0 Å². The van der Waals surface area contributed by atoms with Gasteiger partial charge in [0, 0.05) is 18.7 Å². The molecule has 0 aromatic heterocycles. The van der Waals surface area contributed by atoms with E-state index in [1.165, 1.54) is 0 Å². The Morgan fingerprint density at radius 1 is 1.02 bits per heavy atom. The van der Waals surface area contributed by atoms with Crippen LogP contribution in [0.1, 0.15) is 79.4 Å². The van der Waals surface area contributed by atoms with Crippen LogP contribution in [-0.4, -0.2) is 88.1 Å². The molecule has 1 aromatic carbocycles. The minimum atomic E-state index is -1.07. The van der Waals surface area contributed by atoms with E-state index in [0.29, 0.717) is 11.1 Å². The fraction of sp³-hybridized carbons (Fsp3) is 0.656. The third-order valence-electron chi connectivity index (χ3n) is 8.03. The molecule has 9 nitrogen and oxygen atoms in total. The van der Waals surface area contributed by atoms with Gasteiger partial charge < -0.3 is 25.7 Å². The van der Waals surface area contributed by atoms with Crippen molar-refractivity contribution in [1.82, 2.24) is 20.4 Å². The monoisotopic (exact) mass is 572 g/mol. The summed E-state index contributed by atoms with van der Waals surface area (Å²) >= 11 is 0. The number of nitrogens with zero attached hydrogens (tertiary/aromatic N) is 2. The van der Waals surface area contributed by atoms with E-state index in [2.05, 4.69) is 29.4 Å². The van der Waals surface area contributed by atoms with Gasteiger partial charge >= 0.3 is 0 Å². The van der Waals surface area contributed by atoms with Crippen molar-refractivity contribution in [2.45, 2.75) is 104 Å². The first-order valence-corrected chi connectivity index (χ1v) is 15.0. The third kappa shape index (κ3) is 9.38. The Morgan fingerprint density at radius 2 is 1.66 bits per heavy atom. The van der Waals surface area contributed by atoms with Gasteiger partial charge in [-0.25, -0.2) is 0 Å². The van der Waals surface area contributed by atoms with Crippen LogP contribution in [0.25, 0.3) is 0 Å². The predicted octanol–water partition coefficient (Wildman–Crippen LogP) is 3.03. The molecule has 0 spiro atoms. The standard InChI is InChI=1S/C32H52N4O5/c1-20(2)27(18-23(7)30(39)33-25(19-37)29(38)24-14-10-9-11-15-24)35(8)32(41)28(21(3)4)34-31(40)26-16-12-13-17-36(26)22(5)6/h9-11,14-15,18,20-22,25-29,37-38H,12-13,16-17,19H2,1-8H3,(H,33,39)(H,34,40)/b23-18+/t25-,26+,27+,28-,29+/m0/s1. The second kappa shape index (κ2) is 16.0. The Hall–Kier alpha value is -2.75. The topological polar surface area (TPSA) is 122 Å². The Bertz CT molecular complexity index is 1030. The van der Waals surface area contributed by atoms with Gasteiger partial charge in [0.25, 0.3) is 0 Å². The van der Waals surface area contributed by atoms with Crippen molar-refractivity contribution in [3.63, 3.8) is 0 Å². The number of likely N-dealkylation sites (N-methyl/N-ethyl adjacent to an activating group) is 1. The summed E-state index contributed by atoms with van der Waals surface area (Å²) in [6.45, 7) is 14.0. The summed E-state index contributed by atoms with van der Waals surface area (Å²) in [5.41, 5.74) is 0.951. The minimum Gasteiger partial charge on any atom is -0.394 e. The van der Waals surface area contributed by atoms with Crippen LogP contribution in [-0.2, 0) is 14.4 Å². The maximum absolute atomic E-state index is 13.8. The number of hydrogen-bond acceptors (Lipinski definition) is 6. The highest BCUT2D eigenvalue weighted by Gasteiger charge is 2.36. The van der Waals surface area contributed by atoms with Gasteiger partial charge in [-0.3, -0.25) is 19.3 Å². The smallest absolute Gasteiger partial charge is 0.247 e. The van der Waals surface area contributed by atoms with Gasteiger partial charge in [0.15, 0.2) is 0 Å². The van der Waals surface area contributed by atoms with Gasteiger partial charge in [0.1, 0.15) is 12.1 Å². The number of rotatable bonds is 13. The predicted molar refractivity (Wildman–Crippen MR) is 162 cm³/mol. The van der Waals surface area contributed by atoms with E-state index in [1.807, 2.05) is 33.8 Å². The molecule has 5 atom stereocenters. The van der Waals surface area contributed by atoms with E-state index in [1.54, 1.807) is 49.2 Å². The molecule has 2 rings (SSSR count). The van der Waals surface area contributed by atoms with Crippen LogP contribution in [0.4, 0.5) is 0 Å². The SMILES string of the molecule is C/C(=C\[C@H](C(C)C)N(C)C(=O)[C@@H](NC(=O)[C@H]1CCCCN1C(C)C)C(C)C)C(=O)N[C@@H](CO)[C@H](O)c1ccccc1. The first-order chi connectivity index (χ1) is 19.3. The van der Waals surface area contributed by atoms with E-state index in [0.717, 1.165) is 25.8 Å². The van der Waals surface area contributed by atoms with Crippen molar-refractivity contribution in [3.8, 4) is 0 Å². The lowest BCUT2D eigenvalue weighted by atomic mass is 9.95. The highest BCUT2D eigenvalue weighted by Crippen LogP contribution is 2.22. The normalized spacial score (nSPS) is 19.5. The molecular weight excluding hydrogens is 520 g/mol. The zero-order valence-electron chi connectivity index (χ0n) is 26.1. The van der Waals surface area contributed by atoms with Crippen LogP contribution in [0.2, 0.25) is 0 Å². The van der Waals surface area contributed by atoms with Crippen molar-refractivity contribution < 1.29 is 24.6 Å². The van der Waals surface area contributed by atoms with Gasteiger partial charge in [-0.05, 0) is 57.6 Å². The molecule has 3 amide bonds. The van der Waals surface area contributed by atoms with Crippen molar-refractivity contribution in [1.29, 1.82) is 0 Å². The lowest BCUT2D eigenvalue weighted by Gasteiger charge is -2.39. The molecule has 1 heterocycles. The molecule has 0 saturated carbocycles. The molecule has 0 unspecified atom stereocenters. The zero-order valence-corrected chi connectivity index (χ0v) is 26.1. The van der Waals surface area contributed by atoms with E-state index in [4.69, 9.17) is 0 Å². The Labute approximate surface area is 246 Å². The molecule has 0 radical (unpaired) electrons. The Morgan fingerprint density at radius 3 is 2.20 bits per heavy atom. The van der Waals surface area contributed by atoms with Gasteiger partial charge in [0.05, 0.1) is 24.7 Å². The summed E-state index contributed by atoms with van der Waals surface area (Å²) in [6.07, 6.45) is 3.49. The number of hydrogen-bond donors (Lipinski definition) is 4. The lowest BCUT2D eigenvalue weighted by molar-refractivity contribution is -0.140. The van der Waals surface area contributed by atoms with Crippen LogP contribution < -0.4 is 10.6 Å². The number of carbonyl (C=O) groups is 3. The number of nitrogens with one attached hydrogen (secondary N) is 2. The van der Waals surface area contributed by atoms with Crippen LogP contribution in [0, 0.1) is 11.8 Å². The first-order valence-electron chi connectivity index (χ1n) is 15.0. The zero-order chi connectivity index (χ0) is 30.9. The van der Waals surface area contributed by atoms with Crippen molar-refractivity contribution in [3.05, 3.63) is 47.5 Å². The summed E-state index contributed by atoms with van der Waals surface area (Å²) in [5, 5.41) is 26.3. The van der Waals surface area contributed by atoms with Crippen LogP contribution in [0.5, 0.6) is 0 Å². The fourth-order valence-corrected chi connectivity index (χ4v) is 5.46. The maximum atomic E-state index is 13.8. The summed E-state index contributed by atoms with van der Waals surface area (Å²) in [7, 11) is 1.70. The molecular formula is C32H52N4O5. The van der Waals surface area contributed by atoms with Crippen LogP contribution in [0.15, 0.2) is 42.0 Å². The molecule has 1 saturated heterocycles. The van der Waals surface area contributed by atoms with Crippen molar-refractivity contribution in [2.75, 3.05) is 20.2 Å². The van der Waals surface area contributed by atoms with E-state index >= 15 is 0 Å². The Balaban J connectivity index is 2.18. The second-order valence-corrected chi connectivity index (χ2v) is 12.2. The lowest BCUT2D eigenvalue weighted by Crippen LogP contribution is -2.58. The van der Waals surface area contributed by atoms with Crippen molar-refractivity contribution >= 4 is 17.7 Å². The second-order valence-electron chi connectivity index (χ2n) is 12.2. The molecule has 1 fully saturated rings. The molecule has 4 N–H and O–H groups in total. The number of likely N-dealkylation sites (tertiary alicyclic amines) is 1. The van der Waals surface area contributed by atoms with E-state index in [-0.39, 0.29) is 35.7 Å². The van der Waals surface area contributed by atoms with E-state index in [9.17, 15) is 24.6 Å². The number of amides is 3. The Kier molecular flexibility index (Phi) is 13.5. The third-order valence-corrected chi connectivity index (χ3v) is 8.03. The van der Waals surface area contributed by atoms with Gasteiger partial charge in [-0.2, -0.15) is 0 Å². The molecule has 41 heavy (non-hydrogen) atoms. The average molecular weight is 573 g/mol. The molecule has 1 aromatic rings. The molecule has 230 valence electrons. The van der Waals surface area contributed by atoms with Crippen LogP contribution >= 0.6 is 0 Å². The maximum Gasteiger partial charge on any atom is 0.247 e. The quantitative estimate of drug-likeness (QED) is 0.270. The average Bonchev–Trinajstić information content (AvgIpc) is 2.95.